The van der Waals surface area contributed by atoms with Gasteiger partial charge in [0.2, 0.25) is 11.8 Å². The minimum Gasteiger partial charge on any atom is -0.475 e. The minimum absolute atomic E-state index is 0.0166. The van der Waals surface area contributed by atoms with Crippen molar-refractivity contribution in [1.82, 2.24) is 29.4 Å². The number of amides is 1. The molecule has 278 valence electrons. The Morgan fingerprint density at radius 1 is 1.00 bits per heavy atom. The van der Waals surface area contributed by atoms with Gasteiger partial charge in [-0.3, -0.25) is 9.78 Å². The van der Waals surface area contributed by atoms with Crippen molar-refractivity contribution < 1.29 is 22.7 Å². The van der Waals surface area contributed by atoms with E-state index in [-0.39, 0.29) is 46.1 Å². The predicted octanol–water partition coefficient (Wildman–Crippen LogP) is 6.92. The summed E-state index contributed by atoms with van der Waals surface area (Å²) in [5, 5.41) is 0. The molecule has 5 aromatic rings. The molecule has 13 heteroatoms. The fraction of sp³-hybridized carbons (Fsp3) is 0.425. The van der Waals surface area contributed by atoms with Gasteiger partial charge < -0.3 is 18.9 Å². The highest BCUT2D eigenvalue weighted by molar-refractivity contribution is 7.92. The molecular formula is C40H47N7O5S. The third-order valence-corrected chi connectivity index (χ3v) is 11.4. The largest absolute Gasteiger partial charge is 0.475 e. The maximum Gasteiger partial charge on any atom is 0.264 e. The van der Waals surface area contributed by atoms with Gasteiger partial charge in [-0.15, -0.1) is 0 Å². The molecule has 2 aliphatic rings. The molecule has 7 rings (SSSR count). The van der Waals surface area contributed by atoms with Crippen LogP contribution in [0.5, 0.6) is 5.88 Å². The van der Waals surface area contributed by atoms with Gasteiger partial charge >= 0.3 is 0 Å². The Bertz CT molecular complexity index is 2290. The van der Waals surface area contributed by atoms with Crippen LogP contribution in [-0.2, 0) is 27.2 Å². The van der Waals surface area contributed by atoms with Gasteiger partial charge in [0, 0.05) is 42.0 Å². The summed E-state index contributed by atoms with van der Waals surface area (Å²) in [5.41, 5.74) is 6.55. The molecule has 2 aliphatic heterocycles. The Morgan fingerprint density at radius 2 is 1.74 bits per heavy atom. The Labute approximate surface area is 311 Å². The number of benzene rings is 2. The SMILES string of the molecule is Cc1cccc(C)c1-c1cc2nc(n1)NS(=O)(=O)c1cccc(c1)C(=O)N1[C@@H](c3cnc4cc(C(C)(C)C)n(C)c4n3)CCO[C@@H](CC(C)C)[C@@H]1CO2. The summed E-state index contributed by atoms with van der Waals surface area (Å²) in [6, 6.07) is 14.6. The average molecular weight is 738 g/mol. The zero-order chi connectivity index (χ0) is 37.8. The number of aromatic nitrogens is 5. The lowest BCUT2D eigenvalue weighted by Gasteiger charge is -2.39. The Hall–Kier alpha value is -4.88. The standard InChI is InChI=1S/C40H47N7O5S/c1-23(2)17-33-32-22-52-35-20-28(36-24(3)11-9-12-25(36)4)43-39(44-35)45-53(49,50)27-14-10-13-26(18-27)38(48)47(32)31(15-16-51-33)30-21-41-29-19-34(40(5,6)7)46(8)37(29)42-30/h9-14,18-21,23,31-33H,15-17,22H2,1-8H3,(H,43,44,45)/t31-,32+,33+/m1/s1. The van der Waals surface area contributed by atoms with Crippen molar-refractivity contribution in [3.8, 4) is 17.1 Å². The van der Waals surface area contributed by atoms with Gasteiger partial charge in [0.15, 0.2) is 5.65 Å². The van der Waals surface area contributed by atoms with Crippen LogP contribution in [0.2, 0.25) is 0 Å². The summed E-state index contributed by atoms with van der Waals surface area (Å²) < 4.78 is 45.5. The van der Waals surface area contributed by atoms with E-state index in [4.69, 9.17) is 19.4 Å². The van der Waals surface area contributed by atoms with E-state index < -0.39 is 28.2 Å². The first-order valence-electron chi connectivity index (χ1n) is 18.1. The van der Waals surface area contributed by atoms with E-state index in [0.29, 0.717) is 36.5 Å². The summed E-state index contributed by atoms with van der Waals surface area (Å²) in [7, 11) is -2.23. The number of aryl methyl sites for hydroxylation is 3. The molecular weight excluding hydrogens is 691 g/mol. The molecule has 3 atom stereocenters. The number of nitrogens with one attached hydrogen (secondary N) is 1. The van der Waals surface area contributed by atoms with Gasteiger partial charge in [-0.1, -0.05) is 58.9 Å². The van der Waals surface area contributed by atoms with Crippen molar-refractivity contribution >= 4 is 33.0 Å². The maximum atomic E-state index is 15.0. The van der Waals surface area contributed by atoms with Crippen molar-refractivity contribution in [2.45, 2.75) is 89.8 Å². The molecule has 3 aromatic heterocycles. The molecule has 1 N–H and O–H groups in total. The van der Waals surface area contributed by atoms with E-state index in [1.54, 1.807) is 29.3 Å². The average Bonchev–Trinajstić information content (AvgIpc) is 3.33. The van der Waals surface area contributed by atoms with Gasteiger partial charge in [-0.05, 0) is 68.0 Å². The fourth-order valence-corrected chi connectivity index (χ4v) is 8.60. The predicted molar refractivity (Wildman–Crippen MR) is 203 cm³/mol. The first kappa shape index (κ1) is 36.5. The number of sulfonamides is 1. The molecule has 12 nitrogen and oxygen atoms in total. The summed E-state index contributed by atoms with van der Waals surface area (Å²) in [6.45, 7) is 15.0. The van der Waals surface area contributed by atoms with E-state index in [1.165, 1.54) is 12.1 Å². The molecule has 53 heavy (non-hydrogen) atoms. The molecule has 4 bridgehead atoms. The topological polar surface area (TPSA) is 141 Å². The van der Waals surface area contributed by atoms with Crippen molar-refractivity contribution in [3.05, 3.63) is 88.9 Å². The van der Waals surface area contributed by atoms with Crippen LogP contribution < -0.4 is 9.46 Å². The zero-order valence-corrected chi connectivity index (χ0v) is 32.4. The fourth-order valence-electron chi connectivity index (χ4n) is 7.61. The zero-order valence-electron chi connectivity index (χ0n) is 31.5. The molecule has 0 spiro atoms. The molecule has 1 fully saturated rings. The molecule has 1 amide bonds. The first-order valence-corrected chi connectivity index (χ1v) is 19.6. The summed E-state index contributed by atoms with van der Waals surface area (Å²) in [5.74, 6) is -0.0929. The van der Waals surface area contributed by atoms with Crippen LogP contribution in [0.15, 0.2) is 65.7 Å². The molecule has 0 aliphatic carbocycles. The molecule has 5 heterocycles. The summed E-state index contributed by atoms with van der Waals surface area (Å²) >= 11 is 0. The van der Waals surface area contributed by atoms with E-state index >= 15 is 4.79 Å². The number of anilines is 1. The Balaban J connectivity index is 1.42. The number of nitrogens with zero attached hydrogens (tertiary/aromatic N) is 6. The highest BCUT2D eigenvalue weighted by Gasteiger charge is 2.42. The lowest BCUT2D eigenvalue weighted by Crippen LogP contribution is -2.51. The molecule has 1 saturated heterocycles. The van der Waals surface area contributed by atoms with Crippen LogP contribution in [0.3, 0.4) is 0 Å². The number of fused-ring (bicyclic) bond motifs is 6. The highest BCUT2D eigenvalue weighted by atomic mass is 32.2. The van der Waals surface area contributed by atoms with Crippen LogP contribution in [-0.4, -0.2) is 69.1 Å². The molecule has 2 aromatic carbocycles. The second kappa shape index (κ2) is 13.8. The van der Waals surface area contributed by atoms with Crippen molar-refractivity contribution in [2.24, 2.45) is 13.0 Å². The third-order valence-electron chi connectivity index (χ3n) is 10.1. The lowest BCUT2D eigenvalue weighted by molar-refractivity contribution is -0.0143. The molecule has 0 saturated carbocycles. The van der Waals surface area contributed by atoms with Crippen LogP contribution >= 0.6 is 0 Å². The van der Waals surface area contributed by atoms with E-state index in [0.717, 1.165) is 27.9 Å². The van der Waals surface area contributed by atoms with Crippen molar-refractivity contribution in [1.29, 1.82) is 0 Å². The first-order chi connectivity index (χ1) is 25.1. The number of carbonyl (C=O) groups is 1. The van der Waals surface area contributed by atoms with Gasteiger partial charge in [-0.2, -0.15) is 4.98 Å². The van der Waals surface area contributed by atoms with E-state index in [1.807, 2.05) is 39.1 Å². The second-order valence-electron chi connectivity index (χ2n) is 15.6. The Kier molecular flexibility index (Phi) is 9.52. The van der Waals surface area contributed by atoms with E-state index in [2.05, 4.69) is 59.9 Å². The number of hydrogen-bond donors (Lipinski definition) is 1. The quantitative estimate of drug-likeness (QED) is 0.208. The highest BCUT2D eigenvalue weighted by Crippen LogP contribution is 2.37. The smallest absolute Gasteiger partial charge is 0.264 e. The monoisotopic (exact) mass is 737 g/mol. The molecule has 0 radical (unpaired) electrons. The van der Waals surface area contributed by atoms with Crippen LogP contribution in [0.1, 0.15) is 86.4 Å². The normalized spacial score (nSPS) is 20.4. The number of ether oxygens (including phenoxy) is 2. The summed E-state index contributed by atoms with van der Waals surface area (Å²) in [4.78, 5) is 35.9. The number of rotatable bonds is 4. The van der Waals surface area contributed by atoms with Gasteiger partial charge in [0.25, 0.3) is 15.9 Å². The van der Waals surface area contributed by atoms with Gasteiger partial charge in [0.1, 0.15) is 12.1 Å². The van der Waals surface area contributed by atoms with Crippen LogP contribution in [0.25, 0.3) is 22.4 Å². The third kappa shape index (κ3) is 7.11. The lowest BCUT2D eigenvalue weighted by atomic mass is 9.92. The van der Waals surface area contributed by atoms with Crippen molar-refractivity contribution in [2.75, 3.05) is 17.9 Å². The van der Waals surface area contributed by atoms with Crippen LogP contribution in [0, 0.1) is 19.8 Å². The van der Waals surface area contributed by atoms with E-state index in [9.17, 15) is 8.42 Å². The molecule has 0 unspecified atom stereocenters. The van der Waals surface area contributed by atoms with Crippen LogP contribution in [0.4, 0.5) is 5.95 Å². The Morgan fingerprint density at radius 3 is 2.45 bits per heavy atom. The number of carbonyl (C=O) groups excluding carboxylic acids is 1. The number of hydrogen-bond acceptors (Lipinski definition) is 9. The van der Waals surface area contributed by atoms with Crippen molar-refractivity contribution in [3.63, 3.8) is 0 Å². The van der Waals surface area contributed by atoms with Gasteiger partial charge in [-0.25, -0.2) is 23.1 Å². The minimum atomic E-state index is -4.22. The second-order valence-corrected chi connectivity index (χ2v) is 17.3. The summed E-state index contributed by atoms with van der Waals surface area (Å²) in [6.07, 6.45) is 2.44. The van der Waals surface area contributed by atoms with Gasteiger partial charge in [0.05, 0.1) is 40.7 Å². The maximum absolute atomic E-state index is 15.0.